The zero-order valence-electron chi connectivity index (χ0n) is 12.5. The van der Waals surface area contributed by atoms with Gasteiger partial charge in [0.05, 0.1) is 11.7 Å². The maximum Gasteiger partial charge on any atom is 0.0605 e. The SMILES string of the molecule is CCCNC(CC1CCCC1)c1ncccc1CC. The average molecular weight is 260 g/mol. The molecule has 1 aromatic heterocycles. The summed E-state index contributed by atoms with van der Waals surface area (Å²) in [6.45, 7) is 5.56. The van der Waals surface area contributed by atoms with Crippen molar-refractivity contribution in [2.75, 3.05) is 6.54 Å². The Hall–Kier alpha value is -0.890. The van der Waals surface area contributed by atoms with Crippen LogP contribution in [0.3, 0.4) is 0 Å². The van der Waals surface area contributed by atoms with Gasteiger partial charge in [0.15, 0.2) is 0 Å². The molecule has 1 fully saturated rings. The summed E-state index contributed by atoms with van der Waals surface area (Å²) in [5, 5.41) is 3.72. The highest BCUT2D eigenvalue weighted by Crippen LogP contribution is 2.33. The highest BCUT2D eigenvalue weighted by atomic mass is 14.9. The molecule has 0 bridgehead atoms. The molecular formula is C17H28N2. The molecule has 0 saturated heterocycles. The van der Waals surface area contributed by atoms with Crippen LogP contribution in [0.15, 0.2) is 18.3 Å². The van der Waals surface area contributed by atoms with E-state index in [-0.39, 0.29) is 0 Å². The van der Waals surface area contributed by atoms with Gasteiger partial charge in [-0.3, -0.25) is 4.98 Å². The molecule has 0 radical (unpaired) electrons. The number of aromatic nitrogens is 1. The van der Waals surface area contributed by atoms with Crippen LogP contribution in [0, 0.1) is 5.92 Å². The molecule has 2 heteroatoms. The summed E-state index contributed by atoms with van der Waals surface area (Å²) < 4.78 is 0. The van der Waals surface area contributed by atoms with Crippen molar-refractivity contribution in [3.63, 3.8) is 0 Å². The molecule has 0 aromatic carbocycles. The third kappa shape index (κ3) is 4.04. The minimum absolute atomic E-state index is 0.458. The van der Waals surface area contributed by atoms with Gasteiger partial charge in [0.1, 0.15) is 0 Å². The van der Waals surface area contributed by atoms with Gasteiger partial charge in [0.2, 0.25) is 0 Å². The molecular weight excluding hydrogens is 232 g/mol. The molecule has 1 aromatic rings. The van der Waals surface area contributed by atoms with Crippen molar-refractivity contribution in [3.05, 3.63) is 29.6 Å². The Morgan fingerprint density at radius 2 is 2.11 bits per heavy atom. The Kier molecular flexibility index (Phi) is 5.84. The summed E-state index contributed by atoms with van der Waals surface area (Å²) >= 11 is 0. The zero-order valence-corrected chi connectivity index (χ0v) is 12.5. The van der Waals surface area contributed by atoms with Gasteiger partial charge in [-0.15, -0.1) is 0 Å². The molecule has 0 amide bonds. The van der Waals surface area contributed by atoms with Crippen LogP contribution in [0.25, 0.3) is 0 Å². The van der Waals surface area contributed by atoms with Crippen LogP contribution in [-0.2, 0) is 6.42 Å². The third-order valence-corrected chi connectivity index (χ3v) is 4.32. The largest absolute Gasteiger partial charge is 0.309 e. The second kappa shape index (κ2) is 7.64. The lowest BCUT2D eigenvalue weighted by atomic mass is 9.93. The molecule has 0 spiro atoms. The monoisotopic (exact) mass is 260 g/mol. The molecule has 19 heavy (non-hydrogen) atoms. The third-order valence-electron chi connectivity index (χ3n) is 4.32. The number of aryl methyl sites for hydroxylation is 1. The minimum Gasteiger partial charge on any atom is -0.309 e. The number of nitrogens with one attached hydrogen (secondary N) is 1. The summed E-state index contributed by atoms with van der Waals surface area (Å²) in [4.78, 5) is 4.68. The highest BCUT2D eigenvalue weighted by molar-refractivity contribution is 5.23. The van der Waals surface area contributed by atoms with Crippen LogP contribution in [0.1, 0.15) is 69.7 Å². The lowest BCUT2D eigenvalue weighted by Crippen LogP contribution is -2.26. The van der Waals surface area contributed by atoms with Crippen LogP contribution in [0.4, 0.5) is 0 Å². The molecule has 0 aliphatic heterocycles. The van der Waals surface area contributed by atoms with Gasteiger partial charge in [-0.2, -0.15) is 0 Å². The van der Waals surface area contributed by atoms with Crippen molar-refractivity contribution < 1.29 is 0 Å². The smallest absolute Gasteiger partial charge is 0.0605 e. The van der Waals surface area contributed by atoms with E-state index in [1.165, 1.54) is 49.8 Å². The average Bonchev–Trinajstić information content (AvgIpc) is 2.96. The van der Waals surface area contributed by atoms with Crippen molar-refractivity contribution in [3.8, 4) is 0 Å². The normalized spacial score (nSPS) is 17.8. The van der Waals surface area contributed by atoms with E-state index in [0.29, 0.717) is 6.04 Å². The first-order valence-corrected chi connectivity index (χ1v) is 8.02. The summed E-state index contributed by atoms with van der Waals surface area (Å²) in [6.07, 6.45) is 11.2. The van der Waals surface area contributed by atoms with Gasteiger partial charge >= 0.3 is 0 Å². The minimum atomic E-state index is 0.458. The molecule has 2 rings (SSSR count). The molecule has 1 aliphatic rings. The van der Waals surface area contributed by atoms with Gasteiger partial charge in [0.25, 0.3) is 0 Å². The first-order valence-electron chi connectivity index (χ1n) is 8.02. The van der Waals surface area contributed by atoms with E-state index in [1.807, 2.05) is 6.20 Å². The van der Waals surface area contributed by atoms with E-state index < -0.39 is 0 Å². The van der Waals surface area contributed by atoms with E-state index in [9.17, 15) is 0 Å². The molecule has 1 N–H and O–H groups in total. The molecule has 1 saturated carbocycles. The van der Waals surface area contributed by atoms with Gasteiger partial charge in [-0.25, -0.2) is 0 Å². The Morgan fingerprint density at radius 3 is 2.79 bits per heavy atom. The van der Waals surface area contributed by atoms with Crippen LogP contribution < -0.4 is 5.32 Å². The molecule has 1 unspecified atom stereocenters. The number of hydrogen-bond donors (Lipinski definition) is 1. The summed E-state index contributed by atoms with van der Waals surface area (Å²) in [5.41, 5.74) is 2.71. The molecule has 1 aliphatic carbocycles. The van der Waals surface area contributed by atoms with Gasteiger partial charge in [-0.1, -0.05) is 45.6 Å². The van der Waals surface area contributed by atoms with Crippen LogP contribution in [0.2, 0.25) is 0 Å². The lowest BCUT2D eigenvalue weighted by molar-refractivity contribution is 0.388. The van der Waals surface area contributed by atoms with E-state index in [1.54, 1.807) is 0 Å². The van der Waals surface area contributed by atoms with Gasteiger partial charge in [-0.05, 0) is 43.4 Å². The maximum absolute atomic E-state index is 4.68. The van der Waals surface area contributed by atoms with Crippen LogP contribution in [0.5, 0.6) is 0 Å². The standard InChI is InChI=1S/C17H28N2/c1-3-11-18-16(13-14-8-5-6-9-14)17-15(4-2)10-7-12-19-17/h7,10,12,14,16,18H,3-6,8-9,11,13H2,1-2H3. The topological polar surface area (TPSA) is 24.9 Å². The fourth-order valence-electron chi connectivity index (χ4n) is 3.25. The summed E-state index contributed by atoms with van der Waals surface area (Å²) in [7, 11) is 0. The Balaban J connectivity index is 2.10. The van der Waals surface area contributed by atoms with E-state index in [2.05, 4.69) is 36.3 Å². The Labute approximate surface area is 118 Å². The molecule has 106 valence electrons. The first kappa shape index (κ1) is 14.5. The summed E-state index contributed by atoms with van der Waals surface area (Å²) in [5.74, 6) is 0.904. The fraction of sp³-hybridized carbons (Fsp3) is 0.706. The van der Waals surface area contributed by atoms with E-state index >= 15 is 0 Å². The predicted molar refractivity (Wildman–Crippen MR) is 81.2 cm³/mol. The second-order valence-electron chi connectivity index (χ2n) is 5.79. The molecule has 1 heterocycles. The van der Waals surface area contributed by atoms with E-state index in [4.69, 9.17) is 0 Å². The second-order valence-corrected chi connectivity index (χ2v) is 5.79. The number of pyridine rings is 1. The van der Waals surface area contributed by atoms with Crippen molar-refractivity contribution in [2.45, 2.75) is 64.8 Å². The number of rotatable bonds is 7. The maximum atomic E-state index is 4.68. The zero-order chi connectivity index (χ0) is 13.5. The van der Waals surface area contributed by atoms with Crippen molar-refractivity contribution >= 4 is 0 Å². The first-order chi connectivity index (χ1) is 9.35. The van der Waals surface area contributed by atoms with Crippen LogP contribution in [-0.4, -0.2) is 11.5 Å². The van der Waals surface area contributed by atoms with E-state index in [0.717, 1.165) is 18.9 Å². The van der Waals surface area contributed by atoms with Crippen LogP contribution >= 0.6 is 0 Å². The fourth-order valence-corrected chi connectivity index (χ4v) is 3.25. The Bertz CT molecular complexity index is 369. The lowest BCUT2D eigenvalue weighted by Gasteiger charge is -2.23. The highest BCUT2D eigenvalue weighted by Gasteiger charge is 2.22. The van der Waals surface area contributed by atoms with Gasteiger partial charge < -0.3 is 5.32 Å². The Morgan fingerprint density at radius 1 is 1.32 bits per heavy atom. The molecule has 1 atom stereocenters. The van der Waals surface area contributed by atoms with Crippen molar-refractivity contribution in [1.29, 1.82) is 0 Å². The molecule has 2 nitrogen and oxygen atoms in total. The predicted octanol–water partition coefficient (Wildman–Crippen LogP) is 4.27. The number of hydrogen-bond acceptors (Lipinski definition) is 2. The number of nitrogens with zero attached hydrogens (tertiary/aromatic N) is 1. The van der Waals surface area contributed by atoms with Crippen molar-refractivity contribution in [1.82, 2.24) is 10.3 Å². The van der Waals surface area contributed by atoms with Crippen molar-refractivity contribution in [2.24, 2.45) is 5.92 Å². The van der Waals surface area contributed by atoms with Gasteiger partial charge in [0, 0.05) is 6.20 Å². The quantitative estimate of drug-likeness (QED) is 0.792. The summed E-state index contributed by atoms with van der Waals surface area (Å²) in [6, 6.07) is 4.76.